The summed E-state index contributed by atoms with van der Waals surface area (Å²) in [6, 6.07) is 1.96. The third kappa shape index (κ3) is 2.97. The van der Waals surface area contributed by atoms with Gasteiger partial charge < -0.3 is 15.7 Å². The minimum atomic E-state index is 0.278. The number of hydrogen-bond acceptors (Lipinski definition) is 5. The molecule has 3 N–H and O–H groups in total. The summed E-state index contributed by atoms with van der Waals surface area (Å²) in [4.78, 5) is 9.12. The molecule has 0 radical (unpaired) electrons. The van der Waals surface area contributed by atoms with Crippen LogP contribution in [0.15, 0.2) is 6.07 Å². The van der Waals surface area contributed by atoms with E-state index in [1.54, 1.807) is 0 Å². The Morgan fingerprint density at radius 1 is 1.32 bits per heavy atom. The average molecular weight is 262 g/mol. The summed E-state index contributed by atoms with van der Waals surface area (Å²) in [5, 5.41) is 15.6. The number of anilines is 2. The van der Waals surface area contributed by atoms with Crippen molar-refractivity contribution in [2.75, 3.05) is 30.8 Å². The van der Waals surface area contributed by atoms with E-state index < -0.39 is 0 Å². The minimum Gasteiger partial charge on any atom is -0.396 e. The minimum absolute atomic E-state index is 0.278. The van der Waals surface area contributed by atoms with Crippen LogP contribution < -0.4 is 10.6 Å². The van der Waals surface area contributed by atoms with Gasteiger partial charge in [0.25, 0.3) is 0 Å². The van der Waals surface area contributed by atoms with E-state index in [0.29, 0.717) is 11.3 Å². The van der Waals surface area contributed by atoms with Gasteiger partial charge in [0.1, 0.15) is 17.5 Å². The molecule has 5 heteroatoms. The molecule has 0 aliphatic heterocycles. The normalized spacial score (nSPS) is 20.1. The maximum absolute atomic E-state index is 9.08. The number of nitrogens with zero attached hydrogens (tertiary/aromatic N) is 2. The maximum Gasteiger partial charge on any atom is 0.136 e. The predicted octanol–water partition coefficient (Wildman–Crippen LogP) is 1.97. The summed E-state index contributed by atoms with van der Waals surface area (Å²) in [6.07, 6.45) is 5.72. The average Bonchev–Trinajstić information content (AvgIpc) is 3.31. The zero-order valence-corrected chi connectivity index (χ0v) is 11.4. The lowest BCUT2D eigenvalue weighted by atomic mass is 10.0. The van der Waals surface area contributed by atoms with Gasteiger partial charge in [-0.1, -0.05) is 0 Å². The highest BCUT2D eigenvalue weighted by Gasteiger charge is 2.41. The Balaban J connectivity index is 1.68. The first-order valence-electron chi connectivity index (χ1n) is 7.16. The Bertz CT molecular complexity index is 455. The van der Waals surface area contributed by atoms with Crippen molar-refractivity contribution in [3.05, 3.63) is 11.9 Å². The van der Waals surface area contributed by atoms with Gasteiger partial charge in [0, 0.05) is 32.2 Å². The van der Waals surface area contributed by atoms with Crippen molar-refractivity contribution < 1.29 is 5.11 Å². The summed E-state index contributed by atoms with van der Waals surface area (Å²) in [6.45, 7) is 1.18. The number of nitrogens with one attached hydrogen (secondary N) is 2. The monoisotopic (exact) mass is 262 g/mol. The molecule has 0 bridgehead atoms. The lowest BCUT2D eigenvalue weighted by Gasteiger charge is -2.16. The molecule has 19 heavy (non-hydrogen) atoms. The molecule has 2 aliphatic rings. The summed E-state index contributed by atoms with van der Waals surface area (Å²) in [7, 11) is 1.89. The first kappa shape index (κ1) is 12.7. The fraction of sp³-hybridized carbons (Fsp3) is 0.714. The Labute approximate surface area is 113 Å². The van der Waals surface area contributed by atoms with Gasteiger partial charge in [-0.05, 0) is 37.5 Å². The number of hydrogen-bond donors (Lipinski definition) is 3. The molecule has 1 aromatic heterocycles. The number of aliphatic hydroxyl groups is 1. The molecule has 1 aromatic rings. The summed E-state index contributed by atoms with van der Waals surface area (Å²) in [5.41, 5.74) is 0.305. The summed E-state index contributed by atoms with van der Waals surface area (Å²) in [5.74, 6) is 3.31. The molecule has 2 saturated carbocycles. The van der Waals surface area contributed by atoms with Crippen LogP contribution >= 0.6 is 0 Å². The standard InChI is InChI=1S/C14H22N4O/c1-15-11-8-12(18-13(17-11)10-2-3-10)16-9-14(4-5-14)6-7-19/h8,10,19H,2-7,9H2,1H3,(H2,15,16,17,18). The molecule has 2 aliphatic carbocycles. The predicted molar refractivity (Wildman–Crippen MR) is 75.4 cm³/mol. The molecule has 0 atom stereocenters. The molecule has 0 spiro atoms. The molecule has 3 rings (SSSR count). The molecular formula is C14H22N4O. The van der Waals surface area contributed by atoms with Crippen LogP contribution in [0.25, 0.3) is 0 Å². The van der Waals surface area contributed by atoms with Crippen LogP contribution in [0.1, 0.15) is 43.8 Å². The lowest BCUT2D eigenvalue weighted by Crippen LogP contribution is -2.18. The van der Waals surface area contributed by atoms with Gasteiger partial charge in [-0.25, -0.2) is 9.97 Å². The van der Waals surface area contributed by atoms with Crippen molar-refractivity contribution in [2.24, 2.45) is 5.41 Å². The smallest absolute Gasteiger partial charge is 0.136 e. The molecule has 0 unspecified atom stereocenters. The zero-order chi connectivity index (χ0) is 13.3. The second kappa shape index (κ2) is 4.96. The molecule has 2 fully saturated rings. The highest BCUT2D eigenvalue weighted by atomic mass is 16.3. The number of rotatable bonds is 7. The van der Waals surface area contributed by atoms with Crippen LogP contribution in [-0.2, 0) is 0 Å². The topological polar surface area (TPSA) is 70.1 Å². The highest BCUT2D eigenvalue weighted by Crippen LogP contribution is 2.48. The van der Waals surface area contributed by atoms with Crippen LogP contribution in [-0.4, -0.2) is 35.3 Å². The van der Waals surface area contributed by atoms with Crippen molar-refractivity contribution in [1.82, 2.24) is 9.97 Å². The second-order valence-electron chi connectivity index (χ2n) is 5.85. The van der Waals surface area contributed by atoms with E-state index in [9.17, 15) is 0 Å². The molecular weight excluding hydrogens is 240 g/mol. The fourth-order valence-corrected chi connectivity index (χ4v) is 2.42. The van der Waals surface area contributed by atoms with E-state index in [-0.39, 0.29) is 6.61 Å². The van der Waals surface area contributed by atoms with E-state index in [1.807, 2.05) is 13.1 Å². The highest BCUT2D eigenvalue weighted by molar-refractivity contribution is 5.48. The van der Waals surface area contributed by atoms with Gasteiger partial charge in [-0.3, -0.25) is 0 Å². The molecule has 5 nitrogen and oxygen atoms in total. The Hall–Kier alpha value is -1.36. The zero-order valence-electron chi connectivity index (χ0n) is 11.4. The van der Waals surface area contributed by atoms with Crippen molar-refractivity contribution in [1.29, 1.82) is 0 Å². The van der Waals surface area contributed by atoms with Crippen molar-refractivity contribution in [3.8, 4) is 0 Å². The van der Waals surface area contributed by atoms with Gasteiger partial charge >= 0.3 is 0 Å². The second-order valence-corrected chi connectivity index (χ2v) is 5.85. The van der Waals surface area contributed by atoms with Gasteiger partial charge in [-0.15, -0.1) is 0 Å². The number of aliphatic hydroxyl groups excluding tert-OH is 1. The molecule has 0 aromatic carbocycles. The van der Waals surface area contributed by atoms with E-state index >= 15 is 0 Å². The van der Waals surface area contributed by atoms with Crippen LogP contribution in [0.3, 0.4) is 0 Å². The molecule has 1 heterocycles. The van der Waals surface area contributed by atoms with Crippen LogP contribution in [0.2, 0.25) is 0 Å². The summed E-state index contributed by atoms with van der Waals surface area (Å²) >= 11 is 0. The van der Waals surface area contributed by atoms with E-state index in [4.69, 9.17) is 5.11 Å². The van der Waals surface area contributed by atoms with Crippen LogP contribution in [0.5, 0.6) is 0 Å². The SMILES string of the molecule is CNc1cc(NCC2(CCO)CC2)nc(C2CC2)n1. The Kier molecular flexibility index (Phi) is 3.31. The van der Waals surface area contributed by atoms with Gasteiger partial charge in [-0.2, -0.15) is 0 Å². The van der Waals surface area contributed by atoms with E-state index in [0.717, 1.165) is 30.4 Å². The first-order chi connectivity index (χ1) is 9.24. The third-order valence-corrected chi connectivity index (χ3v) is 4.19. The van der Waals surface area contributed by atoms with Crippen molar-refractivity contribution in [3.63, 3.8) is 0 Å². The number of aromatic nitrogens is 2. The van der Waals surface area contributed by atoms with Gasteiger partial charge in [0.15, 0.2) is 0 Å². The quantitative estimate of drug-likeness (QED) is 0.701. The van der Waals surface area contributed by atoms with E-state index in [1.165, 1.54) is 25.7 Å². The lowest BCUT2D eigenvalue weighted by molar-refractivity contribution is 0.253. The Morgan fingerprint density at radius 3 is 2.63 bits per heavy atom. The van der Waals surface area contributed by atoms with Gasteiger partial charge in [0.05, 0.1) is 0 Å². The first-order valence-corrected chi connectivity index (χ1v) is 7.16. The maximum atomic E-state index is 9.08. The van der Waals surface area contributed by atoms with Gasteiger partial charge in [0.2, 0.25) is 0 Å². The van der Waals surface area contributed by atoms with Crippen LogP contribution in [0, 0.1) is 5.41 Å². The molecule has 0 saturated heterocycles. The van der Waals surface area contributed by atoms with Crippen molar-refractivity contribution >= 4 is 11.6 Å². The molecule has 104 valence electrons. The molecule has 0 amide bonds. The Morgan fingerprint density at radius 2 is 2.05 bits per heavy atom. The summed E-state index contributed by atoms with van der Waals surface area (Å²) < 4.78 is 0. The fourth-order valence-electron chi connectivity index (χ4n) is 2.42. The third-order valence-electron chi connectivity index (χ3n) is 4.19. The van der Waals surface area contributed by atoms with Crippen molar-refractivity contribution in [2.45, 2.75) is 38.0 Å². The largest absolute Gasteiger partial charge is 0.396 e. The van der Waals surface area contributed by atoms with E-state index in [2.05, 4.69) is 20.6 Å². The van der Waals surface area contributed by atoms with Crippen LogP contribution in [0.4, 0.5) is 11.6 Å².